The Bertz CT molecular complexity index is 658. The summed E-state index contributed by atoms with van der Waals surface area (Å²) in [6, 6.07) is 0. The monoisotopic (exact) mass is 334 g/mol. The van der Waals surface area contributed by atoms with E-state index in [1.165, 1.54) is 12.5 Å². The zero-order chi connectivity index (χ0) is 18.3. The highest BCUT2D eigenvalue weighted by Gasteiger charge is 2.36. The fraction of sp³-hybridized carbons (Fsp3) is 0.650. The summed E-state index contributed by atoms with van der Waals surface area (Å²) in [6.07, 6.45) is 2.98. The number of quaternary nitrogens is 1. The van der Waals surface area contributed by atoms with Crippen molar-refractivity contribution in [1.29, 1.82) is 0 Å². The predicted molar refractivity (Wildman–Crippen MR) is 96.8 cm³/mol. The van der Waals surface area contributed by atoms with E-state index in [2.05, 4.69) is 35.0 Å². The fourth-order valence-electron chi connectivity index (χ4n) is 3.33. The van der Waals surface area contributed by atoms with Gasteiger partial charge in [-0.05, 0) is 57.2 Å². The van der Waals surface area contributed by atoms with Crippen LogP contribution in [0.4, 0.5) is 0 Å². The Morgan fingerprint density at radius 3 is 2.33 bits per heavy atom. The number of carbonyl (C=O) groups excluding carboxylic acids is 1. The third-order valence-electron chi connectivity index (χ3n) is 5.12. The van der Waals surface area contributed by atoms with Crippen LogP contribution in [0.1, 0.15) is 48.9 Å². The van der Waals surface area contributed by atoms with Crippen molar-refractivity contribution in [2.24, 2.45) is 0 Å². The van der Waals surface area contributed by atoms with Crippen molar-refractivity contribution >= 4 is 5.97 Å². The Hall–Kier alpha value is -1.55. The van der Waals surface area contributed by atoms with Gasteiger partial charge in [0.05, 0.1) is 27.7 Å². The van der Waals surface area contributed by atoms with E-state index in [9.17, 15) is 4.79 Å². The quantitative estimate of drug-likeness (QED) is 0.478. The summed E-state index contributed by atoms with van der Waals surface area (Å²) in [5.74, 6) is 1.43. The first-order valence-electron chi connectivity index (χ1n) is 8.74. The number of carbonyl (C=O) groups is 1. The molecule has 1 unspecified atom stereocenters. The van der Waals surface area contributed by atoms with E-state index in [1.807, 2.05) is 13.8 Å². The topological polar surface area (TPSA) is 35.5 Å². The summed E-state index contributed by atoms with van der Waals surface area (Å²) in [5.41, 5.74) is 4.18. The van der Waals surface area contributed by atoms with Crippen LogP contribution >= 0.6 is 0 Å². The molecule has 0 amide bonds. The van der Waals surface area contributed by atoms with Crippen molar-refractivity contribution in [3.05, 3.63) is 22.3 Å². The number of benzene rings is 1. The SMILES string of the molecule is CC(=O)Oc1c(C)c(C)c2c(c1C)CCC(C)(CC[N+](C)(C)C)O2. The summed E-state index contributed by atoms with van der Waals surface area (Å²) < 4.78 is 12.9. The van der Waals surface area contributed by atoms with E-state index in [1.54, 1.807) is 0 Å². The van der Waals surface area contributed by atoms with Crippen LogP contribution in [0.2, 0.25) is 0 Å². The minimum Gasteiger partial charge on any atom is -0.487 e. The molecule has 1 aliphatic rings. The fourth-order valence-corrected chi connectivity index (χ4v) is 3.33. The largest absolute Gasteiger partial charge is 0.487 e. The molecule has 1 aromatic rings. The molecule has 1 atom stereocenters. The van der Waals surface area contributed by atoms with Crippen LogP contribution < -0.4 is 9.47 Å². The molecular weight excluding hydrogens is 302 g/mol. The first kappa shape index (κ1) is 18.8. The first-order chi connectivity index (χ1) is 10.9. The van der Waals surface area contributed by atoms with E-state index in [0.717, 1.165) is 52.7 Å². The number of hydrogen-bond donors (Lipinski definition) is 0. The van der Waals surface area contributed by atoms with E-state index in [-0.39, 0.29) is 11.6 Å². The molecule has 4 nitrogen and oxygen atoms in total. The van der Waals surface area contributed by atoms with Crippen molar-refractivity contribution in [2.75, 3.05) is 27.7 Å². The molecule has 4 heteroatoms. The lowest BCUT2D eigenvalue weighted by Crippen LogP contribution is -2.44. The predicted octanol–water partition coefficient (Wildman–Crippen LogP) is 3.72. The molecule has 0 bridgehead atoms. The van der Waals surface area contributed by atoms with Gasteiger partial charge < -0.3 is 14.0 Å². The smallest absolute Gasteiger partial charge is 0.308 e. The van der Waals surface area contributed by atoms with Gasteiger partial charge in [0, 0.05) is 18.9 Å². The maximum absolute atomic E-state index is 11.4. The average Bonchev–Trinajstić information content (AvgIpc) is 2.47. The molecule has 2 rings (SSSR count). The first-order valence-corrected chi connectivity index (χ1v) is 8.74. The third kappa shape index (κ3) is 3.92. The molecule has 1 aromatic carbocycles. The normalized spacial score (nSPS) is 20.3. The average molecular weight is 334 g/mol. The summed E-state index contributed by atoms with van der Waals surface area (Å²) in [6.45, 7) is 10.8. The Kier molecular flexibility index (Phi) is 5.01. The minimum absolute atomic E-state index is 0.134. The van der Waals surface area contributed by atoms with Crippen molar-refractivity contribution in [3.8, 4) is 11.5 Å². The van der Waals surface area contributed by atoms with Crippen molar-refractivity contribution in [3.63, 3.8) is 0 Å². The molecule has 0 saturated heterocycles. The number of nitrogens with zero attached hydrogens (tertiary/aromatic N) is 1. The molecular formula is C20H32NO3+. The molecule has 0 fully saturated rings. The molecule has 0 N–H and O–H groups in total. The van der Waals surface area contributed by atoms with Crippen LogP contribution in [0.25, 0.3) is 0 Å². The van der Waals surface area contributed by atoms with Crippen molar-refractivity contribution in [2.45, 2.75) is 59.5 Å². The second-order valence-corrected chi connectivity index (χ2v) is 8.42. The van der Waals surface area contributed by atoms with Gasteiger partial charge in [-0.2, -0.15) is 0 Å². The molecule has 0 spiro atoms. The number of fused-ring (bicyclic) bond motifs is 1. The molecule has 0 radical (unpaired) electrons. The van der Waals surface area contributed by atoms with Crippen LogP contribution in [0.5, 0.6) is 11.5 Å². The van der Waals surface area contributed by atoms with Gasteiger partial charge in [0.25, 0.3) is 0 Å². The van der Waals surface area contributed by atoms with Gasteiger partial charge >= 0.3 is 5.97 Å². The van der Waals surface area contributed by atoms with Crippen LogP contribution in [-0.4, -0.2) is 43.7 Å². The van der Waals surface area contributed by atoms with Crippen LogP contribution in [0.3, 0.4) is 0 Å². The van der Waals surface area contributed by atoms with Crippen molar-refractivity contribution in [1.82, 2.24) is 0 Å². The molecule has 0 aliphatic carbocycles. The van der Waals surface area contributed by atoms with Gasteiger partial charge in [-0.3, -0.25) is 4.79 Å². The van der Waals surface area contributed by atoms with Crippen LogP contribution in [0, 0.1) is 20.8 Å². The van der Waals surface area contributed by atoms with Gasteiger partial charge in [0.2, 0.25) is 0 Å². The molecule has 1 aliphatic heterocycles. The second-order valence-electron chi connectivity index (χ2n) is 8.42. The van der Waals surface area contributed by atoms with E-state index in [4.69, 9.17) is 9.47 Å². The molecule has 0 saturated carbocycles. The van der Waals surface area contributed by atoms with Crippen LogP contribution in [-0.2, 0) is 11.2 Å². The molecule has 1 heterocycles. The van der Waals surface area contributed by atoms with Crippen molar-refractivity contribution < 1.29 is 18.8 Å². The Morgan fingerprint density at radius 1 is 1.17 bits per heavy atom. The lowest BCUT2D eigenvalue weighted by Gasteiger charge is -2.39. The van der Waals surface area contributed by atoms with Gasteiger partial charge in [-0.15, -0.1) is 0 Å². The highest BCUT2D eigenvalue weighted by molar-refractivity contribution is 5.72. The number of esters is 1. The third-order valence-corrected chi connectivity index (χ3v) is 5.12. The lowest BCUT2D eigenvalue weighted by molar-refractivity contribution is -0.871. The second kappa shape index (κ2) is 6.40. The Balaban J connectivity index is 2.37. The summed E-state index contributed by atoms with van der Waals surface area (Å²) in [5, 5.41) is 0. The standard InChI is InChI=1S/C20H32NO3/c1-13-14(2)19-17(15(3)18(13)23-16(4)22)9-10-20(5,24-19)11-12-21(6,7)8/h9-12H2,1-8H3/q+1. The van der Waals surface area contributed by atoms with Gasteiger partial charge in [0.15, 0.2) is 0 Å². The van der Waals surface area contributed by atoms with E-state index >= 15 is 0 Å². The summed E-state index contributed by atoms with van der Waals surface area (Å²) in [4.78, 5) is 11.4. The van der Waals surface area contributed by atoms with Gasteiger partial charge in [-0.1, -0.05) is 0 Å². The Labute approximate surface area is 146 Å². The van der Waals surface area contributed by atoms with Crippen LogP contribution in [0.15, 0.2) is 0 Å². The molecule has 0 aromatic heterocycles. The molecule has 134 valence electrons. The molecule has 24 heavy (non-hydrogen) atoms. The maximum atomic E-state index is 11.4. The zero-order valence-electron chi connectivity index (χ0n) is 16.5. The maximum Gasteiger partial charge on any atom is 0.308 e. The zero-order valence-corrected chi connectivity index (χ0v) is 16.5. The number of rotatable bonds is 4. The Morgan fingerprint density at radius 2 is 1.79 bits per heavy atom. The number of ether oxygens (including phenoxy) is 2. The summed E-state index contributed by atoms with van der Waals surface area (Å²) >= 11 is 0. The highest BCUT2D eigenvalue weighted by atomic mass is 16.5. The van der Waals surface area contributed by atoms with Gasteiger partial charge in [0.1, 0.15) is 17.1 Å². The van der Waals surface area contributed by atoms with E-state index in [0.29, 0.717) is 5.75 Å². The van der Waals surface area contributed by atoms with Gasteiger partial charge in [-0.25, -0.2) is 0 Å². The summed E-state index contributed by atoms with van der Waals surface area (Å²) in [7, 11) is 6.64. The highest BCUT2D eigenvalue weighted by Crippen LogP contribution is 2.44. The lowest BCUT2D eigenvalue weighted by atomic mass is 9.85. The number of hydrogen-bond acceptors (Lipinski definition) is 3. The van der Waals surface area contributed by atoms with E-state index < -0.39 is 0 Å². The minimum atomic E-state index is -0.273.